The summed E-state index contributed by atoms with van der Waals surface area (Å²) in [6.07, 6.45) is 5.12. The van der Waals surface area contributed by atoms with Crippen molar-refractivity contribution >= 4 is 27.3 Å². The van der Waals surface area contributed by atoms with Crippen molar-refractivity contribution in [1.82, 2.24) is 14.2 Å². The number of amides is 1. The van der Waals surface area contributed by atoms with E-state index in [-0.39, 0.29) is 17.4 Å². The van der Waals surface area contributed by atoms with E-state index in [0.717, 1.165) is 36.8 Å². The Balaban J connectivity index is 1.58. The van der Waals surface area contributed by atoms with Gasteiger partial charge in [0.15, 0.2) is 0 Å². The van der Waals surface area contributed by atoms with E-state index in [9.17, 15) is 17.6 Å². The average Bonchev–Trinajstić information content (AvgIpc) is 3.42. The molecule has 2 aliphatic rings. The molecular weight excluding hydrogens is 401 g/mol. The molecule has 6 nitrogen and oxygen atoms in total. The Kier molecular flexibility index (Phi) is 5.48. The maximum atomic E-state index is 14.3. The predicted molar refractivity (Wildman–Crippen MR) is 104 cm³/mol. The van der Waals surface area contributed by atoms with Crippen LogP contribution in [0, 0.1) is 5.82 Å². The van der Waals surface area contributed by atoms with Gasteiger partial charge in [0, 0.05) is 49.2 Å². The van der Waals surface area contributed by atoms with Crippen molar-refractivity contribution in [2.75, 3.05) is 26.2 Å². The average molecular weight is 424 g/mol. The van der Waals surface area contributed by atoms with Crippen LogP contribution in [0.15, 0.2) is 34.7 Å². The van der Waals surface area contributed by atoms with Gasteiger partial charge in [-0.3, -0.25) is 4.79 Å². The normalized spacial score (nSPS) is 21.2. The molecule has 1 atom stereocenters. The van der Waals surface area contributed by atoms with E-state index in [1.165, 1.54) is 16.4 Å². The number of carbonyl (C=O) groups excluding carboxylic acids is 1. The number of thiazole rings is 1. The van der Waals surface area contributed by atoms with Gasteiger partial charge in [0.25, 0.3) is 5.91 Å². The Labute approximate surface area is 168 Å². The summed E-state index contributed by atoms with van der Waals surface area (Å²) in [5.41, 5.74) is 0.207. The Morgan fingerprint density at radius 1 is 1.18 bits per heavy atom. The van der Waals surface area contributed by atoms with Gasteiger partial charge in [-0.25, -0.2) is 17.8 Å². The predicted octanol–water partition coefficient (Wildman–Crippen LogP) is 3.09. The van der Waals surface area contributed by atoms with Crippen molar-refractivity contribution in [2.45, 2.75) is 36.5 Å². The van der Waals surface area contributed by atoms with Crippen molar-refractivity contribution in [2.24, 2.45) is 0 Å². The lowest BCUT2D eigenvalue weighted by atomic mass is 9.98. The van der Waals surface area contributed by atoms with E-state index >= 15 is 0 Å². The van der Waals surface area contributed by atoms with Crippen molar-refractivity contribution in [3.05, 3.63) is 46.2 Å². The minimum absolute atomic E-state index is 0.186. The van der Waals surface area contributed by atoms with Gasteiger partial charge in [0.1, 0.15) is 10.7 Å². The molecule has 28 heavy (non-hydrogen) atoms. The molecule has 0 aliphatic carbocycles. The molecule has 2 fully saturated rings. The first-order valence-corrected chi connectivity index (χ1v) is 11.8. The summed E-state index contributed by atoms with van der Waals surface area (Å²) in [5.74, 6) is -0.896. The first kappa shape index (κ1) is 19.5. The van der Waals surface area contributed by atoms with Gasteiger partial charge in [-0.1, -0.05) is 0 Å². The summed E-state index contributed by atoms with van der Waals surface area (Å²) in [7, 11) is -3.92. The summed E-state index contributed by atoms with van der Waals surface area (Å²) < 4.78 is 41.2. The molecule has 2 saturated heterocycles. The highest BCUT2D eigenvalue weighted by Gasteiger charge is 2.32. The Morgan fingerprint density at radius 3 is 2.68 bits per heavy atom. The minimum atomic E-state index is -3.92. The molecule has 1 unspecified atom stereocenters. The molecule has 9 heteroatoms. The molecule has 1 aromatic carbocycles. The van der Waals surface area contributed by atoms with Gasteiger partial charge >= 0.3 is 0 Å². The molecule has 0 N–H and O–H groups in total. The second-order valence-electron chi connectivity index (χ2n) is 7.22. The van der Waals surface area contributed by atoms with Crippen molar-refractivity contribution in [3.8, 4) is 0 Å². The standard InChI is InChI=1S/C19H22FN3O3S2/c20-16-6-5-14(12-17(16)28(25,26)23-9-1-2-10-23)19(24)22-8-3-4-15(13-22)18-21-7-11-27-18/h5-7,11-12,15H,1-4,8-10,13H2. The second-order valence-corrected chi connectivity index (χ2v) is 10.0. The SMILES string of the molecule is O=C(c1ccc(F)c(S(=O)(=O)N2CCCC2)c1)N1CCCC(c2nccs2)C1. The Bertz CT molecular complexity index is 957. The Hall–Kier alpha value is -1.84. The number of hydrogen-bond acceptors (Lipinski definition) is 5. The second kappa shape index (κ2) is 7.88. The monoisotopic (exact) mass is 423 g/mol. The molecule has 0 spiro atoms. The third-order valence-corrected chi connectivity index (χ3v) is 8.22. The number of halogens is 1. The van der Waals surface area contributed by atoms with Gasteiger partial charge in [-0.05, 0) is 43.9 Å². The highest BCUT2D eigenvalue weighted by atomic mass is 32.2. The van der Waals surface area contributed by atoms with Crippen molar-refractivity contribution < 1.29 is 17.6 Å². The summed E-state index contributed by atoms with van der Waals surface area (Å²) in [4.78, 5) is 18.7. The number of carbonyl (C=O) groups is 1. The molecule has 3 heterocycles. The van der Waals surface area contributed by atoms with Crippen molar-refractivity contribution in [1.29, 1.82) is 0 Å². The first-order chi connectivity index (χ1) is 13.5. The highest BCUT2D eigenvalue weighted by Crippen LogP contribution is 2.30. The zero-order valence-corrected chi connectivity index (χ0v) is 17.0. The summed E-state index contributed by atoms with van der Waals surface area (Å²) >= 11 is 1.58. The topological polar surface area (TPSA) is 70.6 Å². The summed E-state index contributed by atoms with van der Waals surface area (Å²) in [5, 5.41) is 2.93. The first-order valence-electron chi connectivity index (χ1n) is 9.45. The maximum Gasteiger partial charge on any atom is 0.253 e. The summed E-state index contributed by atoms with van der Waals surface area (Å²) in [6.45, 7) is 1.92. The lowest BCUT2D eigenvalue weighted by Gasteiger charge is -2.32. The number of benzene rings is 1. The number of sulfonamides is 1. The molecule has 1 aromatic heterocycles. The van der Waals surface area contributed by atoms with E-state index < -0.39 is 20.7 Å². The molecular formula is C19H22FN3O3S2. The van der Waals surface area contributed by atoms with E-state index in [1.54, 1.807) is 22.4 Å². The molecule has 2 aromatic rings. The number of rotatable bonds is 4. The fourth-order valence-corrected chi connectivity index (χ4v) is 6.26. The van der Waals surface area contributed by atoms with E-state index in [0.29, 0.717) is 26.2 Å². The number of nitrogens with zero attached hydrogens (tertiary/aromatic N) is 3. The summed E-state index contributed by atoms with van der Waals surface area (Å²) in [6, 6.07) is 3.64. The molecule has 0 radical (unpaired) electrons. The van der Waals surface area contributed by atoms with Crippen LogP contribution in [0.5, 0.6) is 0 Å². The molecule has 4 rings (SSSR count). The van der Waals surface area contributed by atoms with Crippen LogP contribution in [-0.4, -0.2) is 54.7 Å². The lowest BCUT2D eigenvalue weighted by Crippen LogP contribution is -2.39. The van der Waals surface area contributed by atoms with Crippen molar-refractivity contribution in [3.63, 3.8) is 0 Å². The van der Waals surface area contributed by atoms with Crippen LogP contribution in [0.3, 0.4) is 0 Å². The van der Waals surface area contributed by atoms with Crippen LogP contribution < -0.4 is 0 Å². The van der Waals surface area contributed by atoms with Gasteiger partial charge in [0.2, 0.25) is 10.0 Å². The number of likely N-dealkylation sites (tertiary alicyclic amines) is 1. The third kappa shape index (κ3) is 3.70. The number of aromatic nitrogens is 1. The molecule has 0 bridgehead atoms. The zero-order valence-electron chi connectivity index (χ0n) is 15.4. The van der Waals surface area contributed by atoms with E-state index in [1.807, 2.05) is 5.38 Å². The lowest BCUT2D eigenvalue weighted by molar-refractivity contribution is 0.0706. The zero-order chi connectivity index (χ0) is 19.7. The van der Waals surface area contributed by atoms with E-state index in [2.05, 4.69) is 4.98 Å². The quantitative estimate of drug-likeness (QED) is 0.758. The molecule has 1 amide bonds. The van der Waals surface area contributed by atoms with Gasteiger partial charge in [-0.2, -0.15) is 4.31 Å². The van der Waals surface area contributed by atoms with Crippen LogP contribution in [-0.2, 0) is 10.0 Å². The molecule has 2 aliphatic heterocycles. The van der Waals surface area contributed by atoms with Gasteiger partial charge in [-0.15, -0.1) is 11.3 Å². The minimum Gasteiger partial charge on any atom is -0.338 e. The van der Waals surface area contributed by atoms with Crippen LogP contribution in [0.1, 0.15) is 47.0 Å². The molecule has 0 saturated carbocycles. The fraction of sp³-hybridized carbons (Fsp3) is 0.474. The fourth-order valence-electron chi connectivity index (χ4n) is 3.88. The van der Waals surface area contributed by atoms with E-state index in [4.69, 9.17) is 0 Å². The van der Waals surface area contributed by atoms with Crippen LogP contribution in [0.2, 0.25) is 0 Å². The van der Waals surface area contributed by atoms with Crippen LogP contribution in [0.4, 0.5) is 4.39 Å². The Morgan fingerprint density at radius 2 is 1.96 bits per heavy atom. The third-order valence-electron chi connectivity index (χ3n) is 5.37. The van der Waals surface area contributed by atoms with Gasteiger partial charge < -0.3 is 4.90 Å². The van der Waals surface area contributed by atoms with Crippen LogP contribution in [0.25, 0.3) is 0 Å². The number of hydrogen-bond donors (Lipinski definition) is 0. The van der Waals surface area contributed by atoms with Gasteiger partial charge in [0.05, 0.1) is 5.01 Å². The molecule has 150 valence electrons. The smallest absolute Gasteiger partial charge is 0.253 e. The maximum absolute atomic E-state index is 14.3. The number of piperidine rings is 1. The highest BCUT2D eigenvalue weighted by molar-refractivity contribution is 7.89. The van der Waals surface area contributed by atoms with Crippen LogP contribution >= 0.6 is 11.3 Å². The largest absolute Gasteiger partial charge is 0.338 e.